The van der Waals surface area contributed by atoms with Crippen molar-refractivity contribution in [1.82, 2.24) is 0 Å². The first-order valence-electron chi connectivity index (χ1n) is 3.39. The summed E-state index contributed by atoms with van der Waals surface area (Å²) in [5.74, 6) is 0. The topological polar surface area (TPSA) is 26.0 Å². The number of allylic oxidation sites excluding steroid dienone is 3. The highest BCUT2D eigenvalue weighted by Gasteiger charge is 1.80. The molecule has 0 atom stereocenters. The summed E-state index contributed by atoms with van der Waals surface area (Å²) in [7, 11) is 0. The van der Waals surface area contributed by atoms with Gasteiger partial charge in [0.05, 0.1) is 0 Å². The summed E-state index contributed by atoms with van der Waals surface area (Å²) in [4.78, 5) is 0. The lowest BCUT2D eigenvalue weighted by atomic mass is 10.2. The molecule has 0 saturated heterocycles. The summed E-state index contributed by atoms with van der Waals surface area (Å²) in [5.41, 5.74) is 7.52. The molecular weight excluding hydrogens is 122 g/mol. The molecule has 0 rings (SSSR count). The highest BCUT2D eigenvalue weighted by molar-refractivity contribution is 5.24. The smallest absolute Gasteiger partial charge is 0.0172 e. The molecule has 0 fully saturated rings. The fraction of sp³-hybridized carbons (Fsp3) is 0.333. The van der Waals surface area contributed by atoms with Crippen LogP contribution < -0.4 is 5.73 Å². The minimum Gasteiger partial charge on any atom is -0.327 e. The summed E-state index contributed by atoms with van der Waals surface area (Å²) in [5, 5.41) is 0. The van der Waals surface area contributed by atoms with Crippen molar-refractivity contribution < 1.29 is 0 Å². The van der Waals surface area contributed by atoms with Crippen LogP contribution in [0.2, 0.25) is 0 Å². The Labute approximate surface area is 62.9 Å². The Balaban J connectivity index is 3.88. The maximum atomic E-state index is 5.33. The largest absolute Gasteiger partial charge is 0.327 e. The molecule has 0 spiro atoms. The van der Waals surface area contributed by atoms with Gasteiger partial charge in [0.2, 0.25) is 0 Å². The Hall–Kier alpha value is -0.820. The monoisotopic (exact) mass is 137 g/mol. The van der Waals surface area contributed by atoms with Gasteiger partial charge in [-0.1, -0.05) is 30.4 Å². The van der Waals surface area contributed by atoms with Gasteiger partial charge in [-0.15, -0.1) is 0 Å². The average Bonchev–Trinajstić information content (AvgIpc) is 1.99. The third-order valence-electron chi connectivity index (χ3n) is 1.30. The predicted molar refractivity (Wildman–Crippen MR) is 46.8 cm³/mol. The van der Waals surface area contributed by atoms with Crippen molar-refractivity contribution in [2.24, 2.45) is 5.73 Å². The molecule has 0 aliphatic heterocycles. The molecule has 0 bridgehead atoms. The lowest BCUT2D eigenvalue weighted by Gasteiger charge is -1.91. The van der Waals surface area contributed by atoms with Crippen LogP contribution in [0.25, 0.3) is 0 Å². The van der Waals surface area contributed by atoms with E-state index >= 15 is 0 Å². The highest BCUT2D eigenvalue weighted by atomic mass is 14.5. The SMILES string of the molecule is C=C(/C=C\C(C)=C/C)CN. The summed E-state index contributed by atoms with van der Waals surface area (Å²) >= 11 is 0. The molecule has 0 aliphatic carbocycles. The number of hydrogen-bond acceptors (Lipinski definition) is 1. The molecule has 1 heteroatoms. The van der Waals surface area contributed by atoms with Gasteiger partial charge in [0.25, 0.3) is 0 Å². The van der Waals surface area contributed by atoms with E-state index in [1.165, 1.54) is 5.57 Å². The van der Waals surface area contributed by atoms with Crippen molar-refractivity contribution in [3.63, 3.8) is 0 Å². The molecule has 2 N–H and O–H groups in total. The minimum absolute atomic E-state index is 0.535. The van der Waals surface area contributed by atoms with Gasteiger partial charge < -0.3 is 5.73 Å². The highest BCUT2D eigenvalue weighted by Crippen LogP contribution is 1.97. The lowest BCUT2D eigenvalue weighted by molar-refractivity contribution is 1.19. The van der Waals surface area contributed by atoms with E-state index in [0.29, 0.717) is 6.54 Å². The zero-order valence-corrected chi connectivity index (χ0v) is 6.72. The second-order valence-electron chi connectivity index (χ2n) is 2.23. The fourth-order valence-corrected chi connectivity index (χ4v) is 0.414. The molecule has 0 aromatic heterocycles. The van der Waals surface area contributed by atoms with Crippen LogP contribution in [0.15, 0.2) is 36.0 Å². The van der Waals surface area contributed by atoms with E-state index in [2.05, 4.69) is 6.58 Å². The van der Waals surface area contributed by atoms with Crippen molar-refractivity contribution in [2.45, 2.75) is 13.8 Å². The maximum absolute atomic E-state index is 5.33. The molecule has 0 aromatic carbocycles. The molecule has 0 radical (unpaired) electrons. The van der Waals surface area contributed by atoms with Gasteiger partial charge >= 0.3 is 0 Å². The third kappa shape index (κ3) is 4.10. The van der Waals surface area contributed by atoms with Crippen LogP contribution in [0.3, 0.4) is 0 Å². The molecule has 0 unspecified atom stereocenters. The van der Waals surface area contributed by atoms with E-state index in [-0.39, 0.29) is 0 Å². The van der Waals surface area contributed by atoms with Crippen LogP contribution in [-0.4, -0.2) is 6.54 Å². The predicted octanol–water partition coefficient (Wildman–Crippen LogP) is 2.02. The Bertz CT molecular complexity index is 164. The van der Waals surface area contributed by atoms with Gasteiger partial charge in [0.15, 0.2) is 0 Å². The van der Waals surface area contributed by atoms with Crippen LogP contribution in [0.5, 0.6) is 0 Å². The van der Waals surface area contributed by atoms with E-state index in [9.17, 15) is 0 Å². The van der Waals surface area contributed by atoms with Gasteiger partial charge in [0.1, 0.15) is 0 Å². The van der Waals surface area contributed by atoms with Crippen LogP contribution in [0.4, 0.5) is 0 Å². The van der Waals surface area contributed by atoms with E-state index in [1.807, 2.05) is 32.1 Å². The Kier molecular flexibility index (Phi) is 4.59. The summed E-state index contributed by atoms with van der Waals surface area (Å²) in [6, 6.07) is 0. The summed E-state index contributed by atoms with van der Waals surface area (Å²) in [6.07, 6.45) is 5.99. The second kappa shape index (κ2) is 5.00. The Morgan fingerprint density at radius 2 is 2.10 bits per heavy atom. The van der Waals surface area contributed by atoms with Crippen molar-refractivity contribution in [1.29, 1.82) is 0 Å². The Morgan fingerprint density at radius 1 is 1.50 bits per heavy atom. The molecule has 56 valence electrons. The van der Waals surface area contributed by atoms with E-state index in [4.69, 9.17) is 5.73 Å². The molecule has 10 heavy (non-hydrogen) atoms. The normalized spacial score (nSPS) is 12.5. The van der Waals surface area contributed by atoms with Crippen LogP contribution in [0.1, 0.15) is 13.8 Å². The zero-order chi connectivity index (χ0) is 7.98. The van der Waals surface area contributed by atoms with Gasteiger partial charge in [-0.2, -0.15) is 0 Å². The van der Waals surface area contributed by atoms with E-state index < -0.39 is 0 Å². The average molecular weight is 137 g/mol. The zero-order valence-electron chi connectivity index (χ0n) is 6.72. The van der Waals surface area contributed by atoms with Gasteiger partial charge in [-0.05, 0) is 19.4 Å². The van der Waals surface area contributed by atoms with Gasteiger partial charge in [-0.3, -0.25) is 0 Å². The van der Waals surface area contributed by atoms with Crippen molar-refractivity contribution in [3.8, 4) is 0 Å². The summed E-state index contributed by atoms with van der Waals surface area (Å²) < 4.78 is 0. The quantitative estimate of drug-likeness (QED) is 0.592. The molecule has 1 nitrogen and oxygen atoms in total. The van der Waals surface area contributed by atoms with Crippen LogP contribution in [-0.2, 0) is 0 Å². The molecule has 0 saturated carbocycles. The molecular formula is C9H15N. The van der Waals surface area contributed by atoms with E-state index in [1.54, 1.807) is 0 Å². The van der Waals surface area contributed by atoms with Crippen molar-refractivity contribution in [2.75, 3.05) is 6.54 Å². The summed E-state index contributed by atoms with van der Waals surface area (Å²) in [6.45, 7) is 8.32. The first kappa shape index (κ1) is 9.18. The van der Waals surface area contributed by atoms with Crippen molar-refractivity contribution >= 4 is 0 Å². The molecule has 0 aliphatic rings. The molecule has 0 aromatic rings. The standard InChI is InChI=1S/C9H15N/c1-4-8(2)5-6-9(3)7-10/h4-6H,3,7,10H2,1-2H3/b6-5-,8-4-. The number of hydrogen-bond donors (Lipinski definition) is 1. The third-order valence-corrected chi connectivity index (χ3v) is 1.30. The number of nitrogens with two attached hydrogens (primary N) is 1. The first-order chi connectivity index (χ1) is 4.70. The van der Waals surface area contributed by atoms with Gasteiger partial charge in [-0.25, -0.2) is 0 Å². The minimum atomic E-state index is 0.535. The first-order valence-corrected chi connectivity index (χ1v) is 3.39. The van der Waals surface area contributed by atoms with Crippen molar-refractivity contribution in [3.05, 3.63) is 36.0 Å². The second-order valence-corrected chi connectivity index (χ2v) is 2.23. The Morgan fingerprint density at radius 3 is 2.50 bits per heavy atom. The number of rotatable bonds is 3. The maximum Gasteiger partial charge on any atom is 0.0172 e. The van der Waals surface area contributed by atoms with E-state index in [0.717, 1.165) is 5.57 Å². The van der Waals surface area contributed by atoms with Gasteiger partial charge in [0, 0.05) is 6.54 Å². The lowest BCUT2D eigenvalue weighted by Crippen LogP contribution is -1.98. The molecule has 0 amide bonds. The molecule has 0 heterocycles. The fourth-order valence-electron chi connectivity index (χ4n) is 0.414. The van der Waals surface area contributed by atoms with Crippen LogP contribution >= 0.6 is 0 Å². The van der Waals surface area contributed by atoms with Crippen LogP contribution in [0, 0.1) is 0 Å².